The highest BCUT2D eigenvalue weighted by molar-refractivity contribution is 6.10. The minimum atomic E-state index is -1.12. The van der Waals surface area contributed by atoms with E-state index < -0.39 is 17.5 Å². The molecule has 1 atom stereocenters. The van der Waals surface area contributed by atoms with Crippen LogP contribution >= 0.6 is 0 Å². The quantitative estimate of drug-likeness (QED) is 0.345. The van der Waals surface area contributed by atoms with E-state index in [0.29, 0.717) is 22.5 Å². The second-order valence-electron chi connectivity index (χ2n) is 7.22. The molecule has 5 rings (SSSR count). The summed E-state index contributed by atoms with van der Waals surface area (Å²) in [4.78, 5) is 25.0. The molecule has 5 nitrogen and oxygen atoms in total. The summed E-state index contributed by atoms with van der Waals surface area (Å²) in [5, 5.41) is 0.395. The van der Waals surface area contributed by atoms with Gasteiger partial charge >= 0.3 is 5.63 Å². The van der Waals surface area contributed by atoms with Crippen LogP contribution in [0, 0.1) is 12.7 Å². The molecule has 3 heterocycles. The molecule has 0 saturated heterocycles. The van der Waals surface area contributed by atoms with E-state index in [4.69, 9.17) is 13.6 Å². The molecule has 0 fully saturated rings. The van der Waals surface area contributed by atoms with E-state index in [9.17, 15) is 14.0 Å². The largest absolute Gasteiger partial charge is 0.480 e. The highest BCUT2D eigenvalue weighted by Gasteiger charge is 2.29. The van der Waals surface area contributed by atoms with E-state index in [1.165, 1.54) is 6.07 Å². The lowest BCUT2D eigenvalue weighted by Crippen LogP contribution is -2.15. The summed E-state index contributed by atoms with van der Waals surface area (Å²) >= 11 is 0. The summed E-state index contributed by atoms with van der Waals surface area (Å²) in [5.74, 6) is -0.229. The third-order valence-corrected chi connectivity index (χ3v) is 5.35. The molecule has 1 aliphatic heterocycles. The van der Waals surface area contributed by atoms with Crippen molar-refractivity contribution in [2.24, 2.45) is 0 Å². The second-order valence-corrected chi connectivity index (χ2v) is 7.22. The van der Waals surface area contributed by atoms with Crippen molar-refractivity contribution in [2.45, 2.75) is 26.4 Å². The van der Waals surface area contributed by atoms with Crippen molar-refractivity contribution in [3.8, 4) is 5.75 Å². The van der Waals surface area contributed by atoms with Gasteiger partial charge in [0.1, 0.15) is 23.0 Å². The van der Waals surface area contributed by atoms with Crippen molar-refractivity contribution in [2.75, 3.05) is 0 Å². The van der Waals surface area contributed by atoms with Crippen molar-refractivity contribution < 1.29 is 18.0 Å². The van der Waals surface area contributed by atoms with Crippen molar-refractivity contribution >= 4 is 28.0 Å². The molecule has 30 heavy (non-hydrogen) atoms. The Morgan fingerprint density at radius 3 is 2.53 bits per heavy atom. The highest BCUT2D eigenvalue weighted by atomic mass is 19.1. The Bertz CT molecular complexity index is 1460. The molecule has 0 N–H and O–H groups in total. The maximum absolute atomic E-state index is 14.7. The topological polar surface area (TPSA) is 69.7 Å². The number of hydrogen-bond acceptors (Lipinski definition) is 5. The fraction of sp³-hybridized carbons (Fsp3) is 0.167. The van der Waals surface area contributed by atoms with Crippen LogP contribution in [0.5, 0.6) is 5.75 Å². The second kappa shape index (κ2) is 6.69. The SMILES string of the molecule is CCc1c(F)c(=O)oc2c1c1c(c3oc(C)cc(=O)c32)C=CC(c2ccccc2)O1. The minimum Gasteiger partial charge on any atom is -0.480 e. The lowest BCUT2D eigenvalue weighted by molar-refractivity contribution is 0.254. The number of benzene rings is 2. The lowest BCUT2D eigenvalue weighted by atomic mass is 9.96. The van der Waals surface area contributed by atoms with Gasteiger partial charge < -0.3 is 13.6 Å². The number of hydrogen-bond donors (Lipinski definition) is 0. The molecule has 2 aromatic heterocycles. The molecule has 4 aromatic rings. The molecule has 1 aliphatic rings. The van der Waals surface area contributed by atoms with E-state index in [1.807, 2.05) is 42.5 Å². The summed E-state index contributed by atoms with van der Waals surface area (Å²) in [6, 6.07) is 10.9. The van der Waals surface area contributed by atoms with Crippen molar-refractivity contribution in [3.63, 3.8) is 0 Å². The van der Waals surface area contributed by atoms with Gasteiger partial charge in [-0.15, -0.1) is 0 Å². The Morgan fingerprint density at radius 2 is 1.80 bits per heavy atom. The molecule has 1 unspecified atom stereocenters. The van der Waals surface area contributed by atoms with Gasteiger partial charge in [0.25, 0.3) is 0 Å². The van der Waals surface area contributed by atoms with Crippen LogP contribution in [0.15, 0.2) is 60.9 Å². The molecule has 2 aromatic carbocycles. The van der Waals surface area contributed by atoms with Gasteiger partial charge in [-0.05, 0) is 31.1 Å². The molecule has 0 radical (unpaired) electrons. The lowest BCUT2D eigenvalue weighted by Gasteiger charge is -2.24. The molecule has 0 spiro atoms. The average Bonchev–Trinajstić information content (AvgIpc) is 2.75. The number of ether oxygens (including phenoxy) is 1. The molecule has 0 saturated carbocycles. The molecule has 150 valence electrons. The predicted molar refractivity (Wildman–Crippen MR) is 111 cm³/mol. The maximum atomic E-state index is 14.7. The Morgan fingerprint density at radius 1 is 1.03 bits per heavy atom. The van der Waals surface area contributed by atoms with Crippen LogP contribution in [0.2, 0.25) is 0 Å². The Balaban J connectivity index is 1.95. The number of halogens is 1. The van der Waals surface area contributed by atoms with Crippen LogP contribution in [0.25, 0.3) is 28.0 Å². The molecule has 0 aliphatic carbocycles. The van der Waals surface area contributed by atoms with E-state index in [1.54, 1.807) is 13.8 Å². The van der Waals surface area contributed by atoms with Gasteiger partial charge in [0, 0.05) is 11.6 Å². The van der Waals surface area contributed by atoms with E-state index in [0.717, 1.165) is 5.56 Å². The third kappa shape index (κ3) is 2.60. The smallest absolute Gasteiger partial charge is 0.372 e. The van der Waals surface area contributed by atoms with Crippen molar-refractivity contribution in [1.29, 1.82) is 0 Å². The van der Waals surface area contributed by atoms with Crippen LogP contribution in [0.1, 0.15) is 35.5 Å². The van der Waals surface area contributed by atoms with Gasteiger partial charge in [-0.1, -0.05) is 37.3 Å². The fourth-order valence-corrected chi connectivity index (χ4v) is 4.00. The first-order valence-corrected chi connectivity index (χ1v) is 9.65. The Labute approximate surface area is 170 Å². The van der Waals surface area contributed by atoms with Gasteiger partial charge in [0.15, 0.2) is 16.6 Å². The Kier molecular flexibility index (Phi) is 4.10. The monoisotopic (exact) mass is 404 g/mol. The van der Waals surface area contributed by atoms with Crippen molar-refractivity contribution in [3.05, 3.63) is 91.4 Å². The van der Waals surface area contributed by atoms with Gasteiger partial charge in [-0.2, -0.15) is 4.39 Å². The summed E-state index contributed by atoms with van der Waals surface area (Å²) in [5.41, 5.74) is 0.345. The average molecular weight is 404 g/mol. The normalized spacial score (nSPS) is 15.4. The van der Waals surface area contributed by atoms with Gasteiger partial charge in [-0.3, -0.25) is 4.79 Å². The summed E-state index contributed by atoms with van der Waals surface area (Å²) in [6.07, 6.45) is 3.47. The first-order valence-electron chi connectivity index (χ1n) is 9.65. The van der Waals surface area contributed by atoms with Gasteiger partial charge in [0.2, 0.25) is 5.82 Å². The fourth-order valence-electron chi connectivity index (χ4n) is 4.00. The van der Waals surface area contributed by atoms with E-state index in [-0.39, 0.29) is 34.0 Å². The Hall–Kier alpha value is -3.67. The number of rotatable bonds is 2. The summed E-state index contributed by atoms with van der Waals surface area (Å²) in [6.45, 7) is 3.40. The highest BCUT2D eigenvalue weighted by Crippen LogP contribution is 2.44. The zero-order valence-corrected chi connectivity index (χ0v) is 16.3. The van der Waals surface area contributed by atoms with Crippen molar-refractivity contribution in [1.82, 2.24) is 0 Å². The van der Waals surface area contributed by atoms with Crippen LogP contribution in [-0.4, -0.2) is 0 Å². The first kappa shape index (κ1) is 18.4. The molecule has 6 heteroatoms. The van der Waals surface area contributed by atoms with Crippen LogP contribution in [0.4, 0.5) is 4.39 Å². The standard InChI is InChI=1S/C24H17FO5/c1-3-14-18-21-15(9-10-17(29-21)13-7-5-4-6-8-13)22-19(16(26)11-12(2)28-22)23(18)30-24(27)20(14)25/h4-11,17H,3H2,1-2H3. The van der Waals surface area contributed by atoms with Gasteiger partial charge in [0.05, 0.1) is 10.9 Å². The molecular weight excluding hydrogens is 387 g/mol. The number of aryl methyl sites for hydroxylation is 2. The van der Waals surface area contributed by atoms with Crippen LogP contribution in [0.3, 0.4) is 0 Å². The third-order valence-electron chi connectivity index (χ3n) is 5.35. The first-order chi connectivity index (χ1) is 14.5. The van der Waals surface area contributed by atoms with E-state index in [2.05, 4.69) is 0 Å². The molecular formula is C24H17FO5. The van der Waals surface area contributed by atoms with Crippen LogP contribution < -0.4 is 15.8 Å². The zero-order chi connectivity index (χ0) is 21.0. The summed E-state index contributed by atoms with van der Waals surface area (Å²) in [7, 11) is 0. The number of fused-ring (bicyclic) bond motifs is 6. The summed E-state index contributed by atoms with van der Waals surface area (Å²) < 4.78 is 32.1. The zero-order valence-electron chi connectivity index (χ0n) is 16.3. The maximum Gasteiger partial charge on any atom is 0.372 e. The van der Waals surface area contributed by atoms with E-state index >= 15 is 0 Å². The van der Waals surface area contributed by atoms with Gasteiger partial charge in [-0.25, -0.2) is 4.79 Å². The molecule has 0 bridgehead atoms. The minimum absolute atomic E-state index is 0.0112. The predicted octanol–water partition coefficient (Wildman–Crippen LogP) is 5.06. The van der Waals surface area contributed by atoms with Crippen LogP contribution in [-0.2, 0) is 6.42 Å². The molecule has 0 amide bonds.